The van der Waals surface area contributed by atoms with E-state index in [0.717, 1.165) is 23.1 Å². The van der Waals surface area contributed by atoms with Gasteiger partial charge < -0.3 is 4.74 Å². The van der Waals surface area contributed by atoms with Crippen molar-refractivity contribution in [2.45, 2.75) is 38.0 Å². The fourth-order valence-corrected chi connectivity index (χ4v) is 4.17. The summed E-state index contributed by atoms with van der Waals surface area (Å²) in [7, 11) is 0. The number of carbonyl (C=O) groups excluding carboxylic acids is 1. The largest absolute Gasteiger partial charge is 0.441 e. The number of aromatic nitrogens is 2. The molecule has 0 bridgehead atoms. The first kappa shape index (κ1) is 24.5. The van der Waals surface area contributed by atoms with E-state index in [4.69, 9.17) is 4.74 Å². The van der Waals surface area contributed by atoms with Gasteiger partial charge in [-0.2, -0.15) is 18.3 Å². The molecular formula is C28H23F4N3O2. The topological polar surface area (TPSA) is 56.1 Å². The maximum atomic E-state index is 14.7. The van der Waals surface area contributed by atoms with E-state index in [1.807, 2.05) is 6.07 Å². The van der Waals surface area contributed by atoms with Crippen molar-refractivity contribution < 1.29 is 27.1 Å². The van der Waals surface area contributed by atoms with Crippen LogP contribution in [0.1, 0.15) is 48.5 Å². The second kappa shape index (κ2) is 9.72. The van der Waals surface area contributed by atoms with Crippen molar-refractivity contribution in [2.24, 2.45) is 0 Å². The predicted octanol–water partition coefficient (Wildman–Crippen LogP) is 7.88. The van der Waals surface area contributed by atoms with Crippen LogP contribution in [0.15, 0.2) is 79.0 Å². The lowest BCUT2D eigenvalue weighted by Crippen LogP contribution is -2.20. The second-order valence-electron chi connectivity index (χ2n) is 8.96. The highest BCUT2D eigenvalue weighted by atomic mass is 19.4. The maximum Gasteiger partial charge on any atom is 0.421 e. The van der Waals surface area contributed by atoms with Gasteiger partial charge in [0.05, 0.1) is 11.9 Å². The molecule has 1 heterocycles. The molecule has 0 saturated heterocycles. The quantitative estimate of drug-likeness (QED) is 0.269. The van der Waals surface area contributed by atoms with Gasteiger partial charge in [0.15, 0.2) is 5.82 Å². The van der Waals surface area contributed by atoms with Crippen molar-refractivity contribution in [3.05, 3.63) is 102 Å². The van der Waals surface area contributed by atoms with Crippen molar-refractivity contribution in [1.29, 1.82) is 0 Å². The molecule has 3 aromatic carbocycles. The molecule has 190 valence electrons. The van der Waals surface area contributed by atoms with E-state index in [2.05, 4.69) is 10.4 Å². The second-order valence-corrected chi connectivity index (χ2v) is 8.96. The third-order valence-corrected chi connectivity index (χ3v) is 6.31. The zero-order valence-electron chi connectivity index (χ0n) is 19.8. The molecule has 1 aliphatic carbocycles. The lowest BCUT2D eigenvalue weighted by molar-refractivity contribution is -0.136. The number of carbonyl (C=O) groups is 1. The van der Waals surface area contributed by atoms with Gasteiger partial charge in [-0.3, -0.25) is 5.32 Å². The maximum absolute atomic E-state index is 14.7. The molecule has 4 aromatic rings. The van der Waals surface area contributed by atoms with Gasteiger partial charge >= 0.3 is 12.3 Å². The highest BCUT2D eigenvalue weighted by Crippen LogP contribution is 2.41. The molecule has 1 N–H and O–H groups in total. The molecule has 37 heavy (non-hydrogen) atoms. The Labute approximate surface area is 210 Å². The van der Waals surface area contributed by atoms with Gasteiger partial charge in [-0.25, -0.2) is 13.9 Å². The van der Waals surface area contributed by atoms with E-state index in [0.29, 0.717) is 28.8 Å². The molecule has 0 spiro atoms. The van der Waals surface area contributed by atoms with E-state index in [1.54, 1.807) is 55.5 Å². The Morgan fingerprint density at radius 1 is 1.05 bits per heavy atom. The standard InChI is InChI=1S/C28H23F4N3O2/c1-17(18-5-3-2-4-6-18)37-27(36)34-26-24(28(30,31)32)16-33-35(26)22-12-9-20(10-13-22)23-14-11-21(15-25(23)29)19-7-8-19/h2-6,9-17,19H,7-8H2,1H3,(H,34,36). The van der Waals surface area contributed by atoms with Gasteiger partial charge in [-0.05, 0) is 60.6 Å². The van der Waals surface area contributed by atoms with Crippen molar-refractivity contribution in [3.63, 3.8) is 0 Å². The first-order chi connectivity index (χ1) is 17.7. The lowest BCUT2D eigenvalue weighted by Gasteiger charge is -2.16. The number of nitrogens with zero attached hydrogens (tertiary/aromatic N) is 2. The van der Waals surface area contributed by atoms with Gasteiger partial charge in [0.25, 0.3) is 0 Å². The minimum atomic E-state index is -4.77. The number of ether oxygens (including phenoxy) is 1. The van der Waals surface area contributed by atoms with E-state index >= 15 is 0 Å². The average Bonchev–Trinajstić information content (AvgIpc) is 3.64. The molecule has 1 saturated carbocycles. The summed E-state index contributed by atoms with van der Waals surface area (Å²) in [6, 6.07) is 20.2. The molecule has 0 aliphatic heterocycles. The van der Waals surface area contributed by atoms with Gasteiger partial charge in [0.1, 0.15) is 17.5 Å². The fourth-order valence-electron chi connectivity index (χ4n) is 4.17. The summed E-state index contributed by atoms with van der Waals surface area (Å²) in [6.45, 7) is 1.62. The van der Waals surface area contributed by atoms with Crippen LogP contribution in [0.4, 0.5) is 28.2 Å². The van der Waals surface area contributed by atoms with Crippen LogP contribution in [0.2, 0.25) is 0 Å². The normalized spacial score (nSPS) is 14.3. The first-order valence-electron chi connectivity index (χ1n) is 11.8. The van der Waals surface area contributed by atoms with Crippen LogP contribution in [-0.2, 0) is 10.9 Å². The van der Waals surface area contributed by atoms with Gasteiger partial charge in [0, 0.05) is 5.56 Å². The number of nitrogens with one attached hydrogen (secondary N) is 1. The minimum absolute atomic E-state index is 0.251. The van der Waals surface area contributed by atoms with Crippen LogP contribution in [0, 0.1) is 5.82 Å². The Hall–Kier alpha value is -4.14. The molecule has 1 unspecified atom stereocenters. The highest BCUT2D eigenvalue weighted by molar-refractivity contribution is 5.85. The van der Waals surface area contributed by atoms with Crippen molar-refractivity contribution in [2.75, 3.05) is 5.32 Å². The molecular weight excluding hydrogens is 486 g/mol. The number of halogens is 4. The molecule has 5 rings (SSSR count). The summed E-state index contributed by atoms with van der Waals surface area (Å²) in [5.41, 5.74) is 1.75. The number of hydrogen-bond donors (Lipinski definition) is 1. The van der Waals surface area contributed by atoms with Crippen LogP contribution in [0.25, 0.3) is 16.8 Å². The molecule has 1 aromatic heterocycles. The van der Waals surface area contributed by atoms with Crippen LogP contribution in [0.5, 0.6) is 0 Å². The van der Waals surface area contributed by atoms with Crippen LogP contribution >= 0.6 is 0 Å². The molecule has 1 amide bonds. The molecule has 0 radical (unpaired) electrons. The number of rotatable bonds is 6. The van der Waals surface area contributed by atoms with E-state index in [9.17, 15) is 22.4 Å². The smallest absolute Gasteiger partial charge is 0.421 e. The van der Waals surface area contributed by atoms with E-state index < -0.39 is 29.8 Å². The Bertz CT molecular complexity index is 1410. The Balaban J connectivity index is 1.40. The molecule has 1 fully saturated rings. The van der Waals surface area contributed by atoms with Crippen molar-refractivity contribution in [1.82, 2.24) is 9.78 Å². The van der Waals surface area contributed by atoms with Crippen LogP contribution < -0.4 is 5.32 Å². The number of alkyl halides is 3. The zero-order chi connectivity index (χ0) is 26.2. The monoisotopic (exact) mass is 509 g/mol. The summed E-state index contributed by atoms with van der Waals surface area (Å²) >= 11 is 0. The zero-order valence-corrected chi connectivity index (χ0v) is 19.8. The lowest BCUT2D eigenvalue weighted by atomic mass is 10.0. The van der Waals surface area contributed by atoms with Crippen LogP contribution in [-0.4, -0.2) is 15.9 Å². The predicted molar refractivity (Wildman–Crippen MR) is 131 cm³/mol. The number of amides is 1. The summed E-state index contributed by atoms with van der Waals surface area (Å²) < 4.78 is 62.0. The SMILES string of the molecule is CC(OC(=O)Nc1c(C(F)(F)F)cnn1-c1ccc(-c2ccc(C3CC3)cc2F)cc1)c1ccccc1. The summed E-state index contributed by atoms with van der Waals surface area (Å²) in [5, 5.41) is 6.06. The summed E-state index contributed by atoms with van der Waals surface area (Å²) in [4.78, 5) is 12.5. The van der Waals surface area contributed by atoms with Gasteiger partial charge in [-0.1, -0.05) is 54.6 Å². The number of anilines is 1. The van der Waals surface area contributed by atoms with E-state index in [1.165, 1.54) is 18.2 Å². The van der Waals surface area contributed by atoms with Crippen molar-refractivity contribution >= 4 is 11.9 Å². The molecule has 1 atom stereocenters. The summed E-state index contributed by atoms with van der Waals surface area (Å²) in [5.74, 6) is -0.513. The highest BCUT2D eigenvalue weighted by Gasteiger charge is 2.37. The fraction of sp³-hybridized carbons (Fsp3) is 0.214. The Kier molecular flexibility index (Phi) is 6.45. The number of hydrogen-bond acceptors (Lipinski definition) is 3. The van der Waals surface area contributed by atoms with Crippen molar-refractivity contribution in [3.8, 4) is 16.8 Å². The Morgan fingerprint density at radius 3 is 2.38 bits per heavy atom. The van der Waals surface area contributed by atoms with Gasteiger partial charge in [0.2, 0.25) is 0 Å². The Morgan fingerprint density at radius 2 is 1.76 bits per heavy atom. The first-order valence-corrected chi connectivity index (χ1v) is 11.8. The van der Waals surface area contributed by atoms with E-state index in [-0.39, 0.29) is 11.5 Å². The third-order valence-electron chi connectivity index (χ3n) is 6.31. The molecule has 9 heteroatoms. The molecule has 5 nitrogen and oxygen atoms in total. The minimum Gasteiger partial charge on any atom is -0.441 e. The summed E-state index contributed by atoms with van der Waals surface area (Å²) in [6.07, 6.45) is -3.75. The van der Waals surface area contributed by atoms with Gasteiger partial charge in [-0.15, -0.1) is 0 Å². The molecule has 1 aliphatic rings. The third kappa shape index (κ3) is 5.35. The number of benzene rings is 3. The average molecular weight is 510 g/mol. The van der Waals surface area contributed by atoms with Crippen LogP contribution in [0.3, 0.4) is 0 Å².